The van der Waals surface area contributed by atoms with Crippen molar-refractivity contribution in [3.63, 3.8) is 0 Å². The topological polar surface area (TPSA) is 61.4 Å². The van der Waals surface area contributed by atoms with Crippen LogP contribution in [-0.2, 0) is 4.79 Å². The van der Waals surface area contributed by atoms with Crippen LogP contribution < -0.4 is 10.6 Å². The lowest BCUT2D eigenvalue weighted by atomic mass is 9.88. The Morgan fingerprint density at radius 1 is 0.812 bits per heavy atom. The van der Waals surface area contributed by atoms with Gasteiger partial charge in [-0.2, -0.15) is 0 Å². The first-order valence-electron chi connectivity index (χ1n) is 12.1. The Bertz CT molecular complexity index is 868. The van der Waals surface area contributed by atoms with Gasteiger partial charge in [-0.1, -0.05) is 61.7 Å². The van der Waals surface area contributed by atoms with Crippen molar-refractivity contribution >= 4 is 11.8 Å². The van der Waals surface area contributed by atoms with Gasteiger partial charge >= 0.3 is 0 Å². The van der Waals surface area contributed by atoms with Gasteiger partial charge in [0.25, 0.3) is 5.91 Å². The van der Waals surface area contributed by atoms with Crippen molar-refractivity contribution in [2.75, 3.05) is 26.2 Å². The molecule has 1 saturated heterocycles. The van der Waals surface area contributed by atoms with E-state index in [1.54, 1.807) is 12.1 Å². The first-order chi connectivity index (χ1) is 15.7. The minimum absolute atomic E-state index is 0.0154. The fourth-order valence-corrected chi connectivity index (χ4v) is 4.98. The largest absolute Gasteiger partial charge is 0.352 e. The van der Waals surface area contributed by atoms with E-state index < -0.39 is 0 Å². The summed E-state index contributed by atoms with van der Waals surface area (Å²) in [4.78, 5) is 27.3. The summed E-state index contributed by atoms with van der Waals surface area (Å²) in [6.07, 6.45) is 8.93. The van der Waals surface area contributed by atoms with Gasteiger partial charge in [0, 0.05) is 31.2 Å². The van der Waals surface area contributed by atoms with Crippen LogP contribution in [0.4, 0.5) is 0 Å². The lowest BCUT2D eigenvalue weighted by Crippen LogP contribution is -2.48. The predicted molar refractivity (Wildman–Crippen MR) is 128 cm³/mol. The quantitative estimate of drug-likeness (QED) is 0.686. The Morgan fingerprint density at radius 2 is 1.47 bits per heavy atom. The summed E-state index contributed by atoms with van der Waals surface area (Å²) in [6, 6.07) is 17.8. The van der Waals surface area contributed by atoms with E-state index in [4.69, 9.17) is 0 Å². The van der Waals surface area contributed by atoms with Crippen LogP contribution in [-0.4, -0.2) is 48.9 Å². The van der Waals surface area contributed by atoms with Gasteiger partial charge in [-0.3, -0.25) is 9.59 Å². The minimum atomic E-state index is -0.220. The SMILES string of the molecule is O=C(CNC(=O)c1ccc(-c2ccccc2)cc1)NC1CCN(CC2CCCCC2)CC1. The molecule has 2 fully saturated rings. The lowest BCUT2D eigenvalue weighted by molar-refractivity contribution is -0.121. The number of benzene rings is 2. The van der Waals surface area contributed by atoms with Crippen molar-refractivity contribution in [2.24, 2.45) is 5.92 Å². The molecule has 2 aromatic rings. The van der Waals surface area contributed by atoms with Crippen LogP contribution in [0.2, 0.25) is 0 Å². The number of hydrogen-bond donors (Lipinski definition) is 2. The molecule has 170 valence electrons. The highest BCUT2D eigenvalue weighted by Crippen LogP contribution is 2.25. The van der Waals surface area contributed by atoms with E-state index >= 15 is 0 Å². The van der Waals surface area contributed by atoms with E-state index in [1.165, 1.54) is 38.6 Å². The van der Waals surface area contributed by atoms with Gasteiger partial charge in [-0.25, -0.2) is 0 Å². The number of piperidine rings is 1. The third-order valence-corrected chi connectivity index (χ3v) is 6.86. The van der Waals surface area contributed by atoms with Gasteiger partial charge in [0.05, 0.1) is 6.54 Å². The average molecular weight is 434 g/mol. The number of carbonyl (C=O) groups is 2. The second-order valence-electron chi connectivity index (χ2n) is 9.27. The maximum atomic E-state index is 12.4. The molecule has 0 atom stereocenters. The maximum absolute atomic E-state index is 12.4. The molecule has 1 saturated carbocycles. The van der Waals surface area contributed by atoms with Gasteiger partial charge in [0.2, 0.25) is 5.91 Å². The van der Waals surface area contributed by atoms with Crippen LogP contribution in [0.15, 0.2) is 54.6 Å². The Morgan fingerprint density at radius 3 is 2.16 bits per heavy atom. The smallest absolute Gasteiger partial charge is 0.251 e. The number of amides is 2. The highest BCUT2D eigenvalue weighted by molar-refractivity contribution is 5.96. The van der Waals surface area contributed by atoms with Crippen LogP contribution in [0.25, 0.3) is 11.1 Å². The van der Waals surface area contributed by atoms with Crippen LogP contribution in [0.5, 0.6) is 0 Å². The second kappa shape index (κ2) is 11.3. The molecule has 0 unspecified atom stereocenters. The number of nitrogens with zero attached hydrogens (tertiary/aromatic N) is 1. The first kappa shape index (κ1) is 22.5. The summed E-state index contributed by atoms with van der Waals surface area (Å²) in [5.41, 5.74) is 2.74. The normalized spacial score (nSPS) is 18.2. The van der Waals surface area contributed by atoms with Crippen molar-refractivity contribution in [3.8, 4) is 11.1 Å². The Kier molecular flexibility index (Phi) is 7.94. The van der Waals surface area contributed by atoms with E-state index in [-0.39, 0.29) is 24.4 Å². The molecule has 5 heteroatoms. The molecule has 4 rings (SSSR count). The van der Waals surface area contributed by atoms with Gasteiger partial charge in [0.1, 0.15) is 0 Å². The molecule has 2 N–H and O–H groups in total. The zero-order valence-corrected chi connectivity index (χ0v) is 18.9. The number of likely N-dealkylation sites (tertiary alicyclic amines) is 1. The summed E-state index contributed by atoms with van der Waals surface area (Å²) in [6.45, 7) is 3.35. The lowest BCUT2D eigenvalue weighted by Gasteiger charge is -2.35. The Balaban J connectivity index is 1.16. The zero-order chi connectivity index (χ0) is 22.2. The monoisotopic (exact) mass is 433 g/mol. The van der Waals surface area contributed by atoms with Crippen molar-refractivity contribution in [1.29, 1.82) is 0 Å². The molecule has 5 nitrogen and oxygen atoms in total. The van der Waals surface area contributed by atoms with Crippen molar-refractivity contribution < 1.29 is 9.59 Å². The fourth-order valence-electron chi connectivity index (χ4n) is 4.98. The standard InChI is InChI=1S/C27H35N3O2/c31-26(29-25-15-17-30(18-16-25)20-21-7-3-1-4-8-21)19-28-27(32)24-13-11-23(12-14-24)22-9-5-2-6-10-22/h2,5-6,9-14,21,25H,1,3-4,7-8,15-20H2,(H,28,32)(H,29,31). The van der Waals surface area contributed by atoms with Crippen molar-refractivity contribution in [3.05, 3.63) is 60.2 Å². The average Bonchev–Trinajstić information content (AvgIpc) is 2.85. The molecule has 32 heavy (non-hydrogen) atoms. The summed E-state index contributed by atoms with van der Waals surface area (Å²) in [5.74, 6) is 0.541. The number of hydrogen-bond acceptors (Lipinski definition) is 3. The Labute approximate surface area is 191 Å². The summed E-state index contributed by atoms with van der Waals surface area (Å²) in [5, 5.41) is 5.85. The molecule has 0 spiro atoms. The number of carbonyl (C=O) groups excluding carboxylic acids is 2. The molecule has 0 bridgehead atoms. The molecule has 1 aliphatic heterocycles. The molecule has 0 aromatic heterocycles. The molecular formula is C27H35N3O2. The predicted octanol–water partition coefficient (Wildman–Crippen LogP) is 4.24. The molecule has 1 aliphatic carbocycles. The second-order valence-corrected chi connectivity index (χ2v) is 9.27. The van der Waals surface area contributed by atoms with Crippen LogP contribution in [0.3, 0.4) is 0 Å². The third kappa shape index (κ3) is 6.42. The molecule has 1 heterocycles. The minimum Gasteiger partial charge on any atom is -0.352 e. The summed E-state index contributed by atoms with van der Waals surface area (Å²) < 4.78 is 0. The number of nitrogens with one attached hydrogen (secondary N) is 2. The van der Waals surface area contributed by atoms with E-state index in [2.05, 4.69) is 15.5 Å². The Hall–Kier alpha value is -2.66. The highest BCUT2D eigenvalue weighted by atomic mass is 16.2. The van der Waals surface area contributed by atoms with Crippen LogP contribution in [0.1, 0.15) is 55.3 Å². The van der Waals surface area contributed by atoms with Crippen LogP contribution >= 0.6 is 0 Å². The van der Waals surface area contributed by atoms with Gasteiger partial charge in [0.15, 0.2) is 0 Å². The van der Waals surface area contributed by atoms with E-state index in [0.717, 1.165) is 43.0 Å². The van der Waals surface area contributed by atoms with E-state index in [1.807, 2.05) is 42.5 Å². The van der Waals surface area contributed by atoms with Crippen molar-refractivity contribution in [1.82, 2.24) is 15.5 Å². The van der Waals surface area contributed by atoms with Gasteiger partial charge in [-0.15, -0.1) is 0 Å². The van der Waals surface area contributed by atoms with Crippen LogP contribution in [0, 0.1) is 5.92 Å². The van der Waals surface area contributed by atoms with Crippen molar-refractivity contribution in [2.45, 2.75) is 51.0 Å². The maximum Gasteiger partial charge on any atom is 0.251 e. The molecular weight excluding hydrogens is 398 g/mol. The fraction of sp³-hybridized carbons (Fsp3) is 0.481. The summed E-state index contributed by atoms with van der Waals surface area (Å²) in [7, 11) is 0. The summed E-state index contributed by atoms with van der Waals surface area (Å²) >= 11 is 0. The third-order valence-electron chi connectivity index (χ3n) is 6.86. The number of rotatable bonds is 7. The van der Waals surface area contributed by atoms with Gasteiger partial charge in [-0.05, 0) is 54.9 Å². The molecule has 2 aliphatic rings. The van der Waals surface area contributed by atoms with E-state index in [0.29, 0.717) is 5.56 Å². The molecule has 2 aromatic carbocycles. The first-order valence-corrected chi connectivity index (χ1v) is 12.1. The molecule has 2 amide bonds. The molecule has 0 radical (unpaired) electrons. The highest BCUT2D eigenvalue weighted by Gasteiger charge is 2.23. The van der Waals surface area contributed by atoms with Gasteiger partial charge < -0.3 is 15.5 Å². The van der Waals surface area contributed by atoms with E-state index in [9.17, 15) is 9.59 Å². The zero-order valence-electron chi connectivity index (χ0n) is 18.9.